The fourth-order valence-corrected chi connectivity index (χ4v) is 1.99. The highest BCUT2D eigenvalue weighted by atomic mass is 19.1. The Kier molecular flexibility index (Phi) is 4.23. The second-order valence-corrected chi connectivity index (χ2v) is 4.43. The SMILES string of the molecule is O=C(NC1CCCOC1)c1cc(F)cc([N+](=O)[O-])c1F. The first-order valence-electron chi connectivity index (χ1n) is 6.01. The molecule has 1 aliphatic heterocycles. The molecule has 8 heteroatoms. The van der Waals surface area contributed by atoms with Gasteiger partial charge >= 0.3 is 5.69 Å². The van der Waals surface area contributed by atoms with Gasteiger partial charge < -0.3 is 10.1 Å². The highest BCUT2D eigenvalue weighted by Crippen LogP contribution is 2.22. The van der Waals surface area contributed by atoms with Crippen molar-refractivity contribution in [2.45, 2.75) is 18.9 Å². The van der Waals surface area contributed by atoms with Gasteiger partial charge in [-0.2, -0.15) is 4.39 Å². The number of nitrogens with one attached hydrogen (secondary N) is 1. The molecule has 1 aliphatic rings. The number of halogens is 2. The van der Waals surface area contributed by atoms with E-state index in [0.717, 1.165) is 6.42 Å². The lowest BCUT2D eigenvalue weighted by Crippen LogP contribution is -2.41. The van der Waals surface area contributed by atoms with Crippen molar-refractivity contribution >= 4 is 11.6 Å². The van der Waals surface area contributed by atoms with Gasteiger partial charge in [0, 0.05) is 6.61 Å². The zero-order valence-corrected chi connectivity index (χ0v) is 10.4. The summed E-state index contributed by atoms with van der Waals surface area (Å²) in [6, 6.07) is 0.773. The summed E-state index contributed by atoms with van der Waals surface area (Å²) in [5.74, 6) is -3.27. The topological polar surface area (TPSA) is 81.5 Å². The van der Waals surface area contributed by atoms with Crippen LogP contribution in [0.15, 0.2) is 12.1 Å². The summed E-state index contributed by atoms with van der Waals surface area (Å²) < 4.78 is 32.2. The van der Waals surface area contributed by atoms with Crippen LogP contribution >= 0.6 is 0 Å². The third-order valence-corrected chi connectivity index (χ3v) is 2.96. The predicted molar refractivity (Wildman–Crippen MR) is 64.3 cm³/mol. The van der Waals surface area contributed by atoms with Gasteiger partial charge in [-0.05, 0) is 18.9 Å². The maximum absolute atomic E-state index is 13.8. The smallest absolute Gasteiger partial charge is 0.308 e. The third-order valence-electron chi connectivity index (χ3n) is 2.96. The quantitative estimate of drug-likeness (QED) is 0.678. The Labute approximate surface area is 112 Å². The van der Waals surface area contributed by atoms with Gasteiger partial charge in [0.2, 0.25) is 5.82 Å². The van der Waals surface area contributed by atoms with Crippen LogP contribution in [0.1, 0.15) is 23.2 Å². The summed E-state index contributed by atoms with van der Waals surface area (Å²) >= 11 is 0. The molecule has 6 nitrogen and oxygen atoms in total. The van der Waals surface area contributed by atoms with Crippen LogP contribution in [-0.2, 0) is 4.74 Å². The molecular formula is C12H12F2N2O4. The highest BCUT2D eigenvalue weighted by molar-refractivity contribution is 5.95. The number of nitro benzene ring substituents is 1. The first-order chi connectivity index (χ1) is 9.49. The van der Waals surface area contributed by atoms with E-state index in [0.29, 0.717) is 25.2 Å². The van der Waals surface area contributed by atoms with E-state index in [1.165, 1.54) is 0 Å². The summed E-state index contributed by atoms with van der Waals surface area (Å²) in [4.78, 5) is 21.4. The number of carbonyl (C=O) groups excluding carboxylic acids is 1. The van der Waals surface area contributed by atoms with Crippen molar-refractivity contribution in [3.8, 4) is 0 Å². The zero-order chi connectivity index (χ0) is 14.7. The molecule has 1 aromatic carbocycles. The molecule has 0 saturated carbocycles. The van der Waals surface area contributed by atoms with Crippen molar-refractivity contribution in [1.29, 1.82) is 0 Å². The second kappa shape index (κ2) is 5.91. The Hall–Kier alpha value is -2.09. The average molecular weight is 286 g/mol. The van der Waals surface area contributed by atoms with E-state index in [1.807, 2.05) is 0 Å². The summed E-state index contributed by atoms with van der Waals surface area (Å²) in [5, 5.41) is 13.1. The molecule has 0 spiro atoms. The molecule has 0 aromatic heterocycles. The molecule has 0 radical (unpaired) electrons. The molecule has 1 N–H and O–H groups in total. The van der Waals surface area contributed by atoms with Crippen LogP contribution in [0, 0.1) is 21.7 Å². The predicted octanol–water partition coefficient (Wildman–Crippen LogP) is 1.78. The summed E-state index contributed by atoms with van der Waals surface area (Å²) in [6.07, 6.45) is 1.40. The van der Waals surface area contributed by atoms with Crippen molar-refractivity contribution in [2.75, 3.05) is 13.2 Å². The molecule has 1 aromatic rings. The minimum absolute atomic E-state index is 0.283. The van der Waals surface area contributed by atoms with Gasteiger partial charge in [0.05, 0.1) is 29.2 Å². The maximum atomic E-state index is 13.8. The van der Waals surface area contributed by atoms with E-state index >= 15 is 0 Å². The minimum atomic E-state index is -1.34. The number of hydrogen-bond donors (Lipinski definition) is 1. The largest absolute Gasteiger partial charge is 0.379 e. The molecule has 0 aliphatic carbocycles. The van der Waals surface area contributed by atoms with Gasteiger partial charge in [0.1, 0.15) is 5.82 Å². The Morgan fingerprint density at radius 3 is 2.80 bits per heavy atom. The summed E-state index contributed by atoms with van der Waals surface area (Å²) in [6.45, 7) is 0.872. The Bertz CT molecular complexity index is 545. The van der Waals surface area contributed by atoms with E-state index in [4.69, 9.17) is 4.74 Å². The van der Waals surface area contributed by atoms with Crippen LogP contribution in [0.5, 0.6) is 0 Å². The van der Waals surface area contributed by atoms with Crippen molar-refractivity contribution in [1.82, 2.24) is 5.32 Å². The van der Waals surface area contributed by atoms with Gasteiger partial charge in [-0.15, -0.1) is 0 Å². The number of nitro groups is 1. The standard InChI is InChI=1S/C12H12F2N2O4/c13-7-4-9(11(14)10(5-7)16(18)19)12(17)15-8-2-1-3-20-6-8/h4-5,8H,1-3,6H2,(H,15,17). The number of rotatable bonds is 3. The lowest BCUT2D eigenvalue weighted by Gasteiger charge is -2.23. The van der Waals surface area contributed by atoms with E-state index in [1.54, 1.807) is 0 Å². The Morgan fingerprint density at radius 1 is 1.45 bits per heavy atom. The van der Waals surface area contributed by atoms with Crippen molar-refractivity contribution < 1.29 is 23.2 Å². The van der Waals surface area contributed by atoms with E-state index in [-0.39, 0.29) is 12.6 Å². The van der Waals surface area contributed by atoms with E-state index in [2.05, 4.69) is 5.32 Å². The van der Waals surface area contributed by atoms with Crippen LogP contribution in [0.3, 0.4) is 0 Å². The normalized spacial score (nSPS) is 18.6. The second-order valence-electron chi connectivity index (χ2n) is 4.43. The van der Waals surface area contributed by atoms with Gasteiger partial charge in [0.15, 0.2) is 0 Å². The lowest BCUT2D eigenvalue weighted by atomic mass is 10.1. The van der Waals surface area contributed by atoms with Crippen LogP contribution in [0.25, 0.3) is 0 Å². The molecule has 20 heavy (non-hydrogen) atoms. The molecule has 2 rings (SSSR count). The number of carbonyl (C=O) groups is 1. The third kappa shape index (κ3) is 3.08. The zero-order valence-electron chi connectivity index (χ0n) is 10.4. The molecule has 1 atom stereocenters. The Morgan fingerprint density at radius 2 is 2.20 bits per heavy atom. The molecule has 0 bridgehead atoms. The lowest BCUT2D eigenvalue weighted by molar-refractivity contribution is -0.387. The number of nitrogens with zero attached hydrogens (tertiary/aromatic N) is 1. The summed E-state index contributed by atoms with van der Waals surface area (Å²) in [7, 11) is 0. The van der Waals surface area contributed by atoms with Gasteiger partial charge in [-0.3, -0.25) is 14.9 Å². The van der Waals surface area contributed by atoms with Crippen LogP contribution in [0.4, 0.5) is 14.5 Å². The number of hydrogen-bond acceptors (Lipinski definition) is 4. The maximum Gasteiger partial charge on any atom is 0.308 e. The summed E-state index contributed by atoms with van der Waals surface area (Å²) in [5.41, 5.74) is -1.74. The van der Waals surface area contributed by atoms with Crippen molar-refractivity contribution in [2.24, 2.45) is 0 Å². The van der Waals surface area contributed by atoms with E-state index < -0.39 is 33.7 Å². The Balaban J connectivity index is 2.22. The van der Waals surface area contributed by atoms with Gasteiger partial charge in [-0.1, -0.05) is 0 Å². The molecule has 1 heterocycles. The first-order valence-corrected chi connectivity index (χ1v) is 6.01. The molecular weight excluding hydrogens is 274 g/mol. The van der Waals surface area contributed by atoms with Gasteiger partial charge in [-0.25, -0.2) is 4.39 Å². The monoisotopic (exact) mass is 286 g/mol. The molecule has 1 amide bonds. The molecule has 1 fully saturated rings. The van der Waals surface area contributed by atoms with Crippen molar-refractivity contribution in [3.05, 3.63) is 39.4 Å². The first kappa shape index (κ1) is 14.3. The van der Waals surface area contributed by atoms with Crippen LogP contribution in [-0.4, -0.2) is 30.1 Å². The number of amides is 1. The molecule has 1 unspecified atom stereocenters. The molecule has 108 valence electrons. The fraction of sp³-hybridized carbons (Fsp3) is 0.417. The molecule has 1 saturated heterocycles. The fourth-order valence-electron chi connectivity index (χ4n) is 1.99. The van der Waals surface area contributed by atoms with Gasteiger partial charge in [0.25, 0.3) is 5.91 Å². The van der Waals surface area contributed by atoms with Crippen molar-refractivity contribution in [3.63, 3.8) is 0 Å². The van der Waals surface area contributed by atoms with E-state index in [9.17, 15) is 23.7 Å². The highest BCUT2D eigenvalue weighted by Gasteiger charge is 2.26. The van der Waals surface area contributed by atoms with Crippen LogP contribution < -0.4 is 5.32 Å². The number of benzene rings is 1. The van der Waals surface area contributed by atoms with Crippen LogP contribution in [0.2, 0.25) is 0 Å². The minimum Gasteiger partial charge on any atom is -0.379 e. The number of ether oxygens (including phenoxy) is 1. The average Bonchev–Trinajstić information content (AvgIpc) is 2.41.